The molecule has 0 aliphatic carbocycles. The van der Waals surface area contributed by atoms with Crippen LogP contribution in [0.1, 0.15) is 33.2 Å². The summed E-state index contributed by atoms with van der Waals surface area (Å²) >= 11 is 0. The molecular formula is C24H22N2O4. The van der Waals surface area contributed by atoms with Crippen molar-refractivity contribution in [2.45, 2.75) is 19.4 Å². The van der Waals surface area contributed by atoms with Crippen molar-refractivity contribution < 1.29 is 19.1 Å². The zero-order valence-electron chi connectivity index (χ0n) is 16.8. The molecule has 0 spiro atoms. The summed E-state index contributed by atoms with van der Waals surface area (Å²) in [5.74, 6) is 0.876. The number of carbonyl (C=O) groups is 2. The number of methoxy groups -OCH3 is 1. The zero-order chi connectivity index (χ0) is 21.1. The first kappa shape index (κ1) is 19.6. The number of hydrogen-bond acceptors (Lipinski definition) is 5. The maximum atomic E-state index is 12.5. The predicted molar refractivity (Wildman–Crippen MR) is 113 cm³/mol. The molecule has 1 amide bonds. The highest BCUT2D eigenvalue weighted by atomic mass is 16.5. The van der Waals surface area contributed by atoms with E-state index in [0.29, 0.717) is 30.0 Å². The lowest BCUT2D eigenvalue weighted by Gasteiger charge is -2.12. The molecule has 0 bridgehead atoms. The maximum absolute atomic E-state index is 12.5. The van der Waals surface area contributed by atoms with Gasteiger partial charge in [0, 0.05) is 18.2 Å². The summed E-state index contributed by atoms with van der Waals surface area (Å²) in [7, 11) is 1.48. The SMILES string of the molecule is COc1ncccc1C(=O)NC[C@H]1Cc2cc(-c3ccccc3C(C)=O)ccc2O1. The van der Waals surface area contributed by atoms with E-state index in [9.17, 15) is 9.59 Å². The predicted octanol–water partition coefficient (Wildman–Crippen LogP) is 3.69. The molecule has 1 aliphatic heterocycles. The van der Waals surface area contributed by atoms with E-state index in [4.69, 9.17) is 9.47 Å². The zero-order valence-corrected chi connectivity index (χ0v) is 16.8. The van der Waals surface area contributed by atoms with Crippen LogP contribution in [-0.4, -0.2) is 36.4 Å². The van der Waals surface area contributed by atoms with Crippen molar-refractivity contribution in [3.8, 4) is 22.8 Å². The van der Waals surface area contributed by atoms with Gasteiger partial charge in [-0.2, -0.15) is 0 Å². The number of ether oxygens (including phenoxy) is 2. The fourth-order valence-corrected chi connectivity index (χ4v) is 3.67. The number of benzene rings is 2. The van der Waals surface area contributed by atoms with Gasteiger partial charge in [0.25, 0.3) is 5.91 Å². The van der Waals surface area contributed by atoms with E-state index >= 15 is 0 Å². The van der Waals surface area contributed by atoms with Gasteiger partial charge in [0.05, 0.1) is 13.7 Å². The molecule has 4 rings (SSSR count). The molecule has 152 valence electrons. The average molecular weight is 402 g/mol. The van der Waals surface area contributed by atoms with Gasteiger partial charge in [-0.15, -0.1) is 0 Å². The maximum Gasteiger partial charge on any atom is 0.256 e. The Bertz CT molecular complexity index is 1110. The summed E-state index contributed by atoms with van der Waals surface area (Å²) in [5.41, 5.74) is 4.04. The number of amides is 1. The fourth-order valence-electron chi connectivity index (χ4n) is 3.67. The highest BCUT2D eigenvalue weighted by Gasteiger charge is 2.25. The molecule has 30 heavy (non-hydrogen) atoms. The number of fused-ring (bicyclic) bond motifs is 1. The average Bonchev–Trinajstić information content (AvgIpc) is 3.19. The van der Waals surface area contributed by atoms with Crippen LogP contribution in [0.25, 0.3) is 11.1 Å². The molecule has 0 radical (unpaired) electrons. The van der Waals surface area contributed by atoms with Crippen LogP contribution in [0.2, 0.25) is 0 Å². The van der Waals surface area contributed by atoms with Crippen LogP contribution in [0.5, 0.6) is 11.6 Å². The van der Waals surface area contributed by atoms with Crippen molar-refractivity contribution in [2.75, 3.05) is 13.7 Å². The van der Waals surface area contributed by atoms with Gasteiger partial charge >= 0.3 is 0 Å². The minimum atomic E-state index is -0.254. The van der Waals surface area contributed by atoms with Gasteiger partial charge < -0.3 is 14.8 Å². The van der Waals surface area contributed by atoms with Crippen LogP contribution in [-0.2, 0) is 6.42 Å². The first-order valence-electron chi connectivity index (χ1n) is 9.74. The lowest BCUT2D eigenvalue weighted by Crippen LogP contribution is -2.34. The lowest BCUT2D eigenvalue weighted by atomic mass is 9.95. The second kappa shape index (κ2) is 8.37. The Kier molecular flexibility index (Phi) is 5.48. The molecule has 2 heterocycles. The van der Waals surface area contributed by atoms with Gasteiger partial charge in [-0.25, -0.2) is 4.98 Å². The Morgan fingerprint density at radius 3 is 2.73 bits per heavy atom. The van der Waals surface area contributed by atoms with Crippen LogP contribution in [0.15, 0.2) is 60.8 Å². The van der Waals surface area contributed by atoms with E-state index in [2.05, 4.69) is 16.4 Å². The second-order valence-corrected chi connectivity index (χ2v) is 7.14. The third-order valence-corrected chi connectivity index (χ3v) is 5.12. The fraction of sp³-hybridized carbons (Fsp3) is 0.208. The summed E-state index contributed by atoms with van der Waals surface area (Å²) in [6.07, 6.45) is 2.09. The minimum absolute atomic E-state index is 0.0359. The third-order valence-electron chi connectivity index (χ3n) is 5.12. The molecule has 1 aromatic heterocycles. The topological polar surface area (TPSA) is 77.5 Å². The van der Waals surface area contributed by atoms with Crippen molar-refractivity contribution in [2.24, 2.45) is 0 Å². The molecule has 3 aromatic rings. The molecule has 0 unspecified atom stereocenters. The van der Waals surface area contributed by atoms with Crippen LogP contribution in [0.3, 0.4) is 0 Å². The molecule has 0 fully saturated rings. The van der Waals surface area contributed by atoms with Crippen LogP contribution in [0, 0.1) is 0 Å². The number of carbonyl (C=O) groups excluding carboxylic acids is 2. The van der Waals surface area contributed by atoms with Gasteiger partial charge in [-0.1, -0.05) is 30.3 Å². The molecule has 0 saturated carbocycles. The van der Waals surface area contributed by atoms with Gasteiger partial charge in [0.15, 0.2) is 5.78 Å². The lowest BCUT2D eigenvalue weighted by molar-refractivity contribution is 0.0929. The molecule has 2 aromatic carbocycles. The molecule has 0 saturated heterocycles. The Labute approximate surface area is 174 Å². The summed E-state index contributed by atoms with van der Waals surface area (Å²) in [5, 5.41) is 2.89. The van der Waals surface area contributed by atoms with Crippen LogP contribution in [0.4, 0.5) is 0 Å². The number of nitrogens with one attached hydrogen (secondary N) is 1. The second-order valence-electron chi connectivity index (χ2n) is 7.14. The third kappa shape index (κ3) is 3.89. The number of aromatic nitrogens is 1. The molecule has 1 aliphatic rings. The van der Waals surface area contributed by atoms with E-state index < -0.39 is 0 Å². The Hall–Kier alpha value is -3.67. The molecular weight excluding hydrogens is 380 g/mol. The van der Waals surface area contributed by atoms with Crippen molar-refractivity contribution in [3.63, 3.8) is 0 Å². The highest BCUT2D eigenvalue weighted by Crippen LogP contribution is 2.34. The van der Waals surface area contributed by atoms with Gasteiger partial charge in [-0.05, 0) is 47.9 Å². The standard InChI is InChI=1S/C24H22N2O4/c1-15(27)19-6-3-4-7-20(19)16-9-10-22-17(12-16)13-18(30-22)14-26-23(28)21-8-5-11-25-24(21)29-2/h3-12,18H,13-14H2,1-2H3,(H,26,28)/t18-/m1/s1. The quantitative estimate of drug-likeness (QED) is 0.636. The van der Waals surface area contributed by atoms with Crippen molar-refractivity contribution in [1.82, 2.24) is 10.3 Å². The molecule has 6 nitrogen and oxygen atoms in total. The number of pyridine rings is 1. The van der Waals surface area contributed by atoms with Crippen molar-refractivity contribution >= 4 is 11.7 Å². The van der Waals surface area contributed by atoms with E-state index in [1.165, 1.54) is 7.11 Å². The van der Waals surface area contributed by atoms with Crippen LogP contribution >= 0.6 is 0 Å². The Morgan fingerprint density at radius 1 is 1.13 bits per heavy atom. The first-order chi connectivity index (χ1) is 14.6. The molecule has 1 atom stereocenters. The Morgan fingerprint density at radius 2 is 1.93 bits per heavy atom. The largest absolute Gasteiger partial charge is 0.488 e. The molecule has 1 N–H and O–H groups in total. The molecule has 6 heteroatoms. The number of rotatable bonds is 6. The van der Waals surface area contributed by atoms with E-state index in [1.807, 2.05) is 36.4 Å². The van der Waals surface area contributed by atoms with Crippen molar-refractivity contribution in [1.29, 1.82) is 0 Å². The summed E-state index contributed by atoms with van der Waals surface area (Å²) in [4.78, 5) is 28.5. The van der Waals surface area contributed by atoms with Gasteiger partial charge in [0.2, 0.25) is 5.88 Å². The number of Topliss-reactive ketones (excluding diaryl/α,β-unsaturated/α-hetero) is 1. The van der Waals surface area contributed by atoms with Crippen LogP contribution < -0.4 is 14.8 Å². The van der Waals surface area contributed by atoms with Crippen molar-refractivity contribution in [3.05, 3.63) is 77.5 Å². The first-order valence-corrected chi connectivity index (χ1v) is 9.74. The smallest absolute Gasteiger partial charge is 0.256 e. The van der Waals surface area contributed by atoms with E-state index in [0.717, 1.165) is 22.4 Å². The number of hydrogen-bond donors (Lipinski definition) is 1. The minimum Gasteiger partial charge on any atom is -0.488 e. The number of nitrogens with zero attached hydrogens (tertiary/aromatic N) is 1. The van der Waals surface area contributed by atoms with E-state index in [-0.39, 0.29) is 17.8 Å². The Balaban J connectivity index is 1.46. The highest BCUT2D eigenvalue weighted by molar-refractivity contribution is 6.00. The normalized spacial score (nSPS) is 14.5. The summed E-state index contributed by atoms with van der Waals surface area (Å²) in [6.45, 7) is 1.94. The summed E-state index contributed by atoms with van der Waals surface area (Å²) in [6, 6.07) is 16.9. The van der Waals surface area contributed by atoms with Gasteiger partial charge in [-0.3, -0.25) is 9.59 Å². The number of ketones is 1. The van der Waals surface area contributed by atoms with E-state index in [1.54, 1.807) is 25.3 Å². The van der Waals surface area contributed by atoms with Gasteiger partial charge in [0.1, 0.15) is 17.4 Å². The monoisotopic (exact) mass is 402 g/mol. The summed E-state index contributed by atoms with van der Waals surface area (Å²) < 4.78 is 11.1.